The second kappa shape index (κ2) is 8.04. The third-order valence-corrected chi connectivity index (χ3v) is 3.32. The molecule has 1 aromatic heterocycles. The largest absolute Gasteiger partial charge is 0.465 e. The van der Waals surface area contributed by atoms with Crippen LogP contribution >= 0.6 is 0 Å². The molecule has 0 aliphatic rings. The van der Waals surface area contributed by atoms with Crippen molar-refractivity contribution < 1.29 is 9.53 Å². The fraction of sp³-hybridized carbons (Fsp3) is 0.733. The van der Waals surface area contributed by atoms with E-state index in [-0.39, 0.29) is 5.97 Å². The number of ether oxygens (including phenoxy) is 1. The van der Waals surface area contributed by atoms with Crippen molar-refractivity contribution in [3.05, 3.63) is 18.0 Å². The van der Waals surface area contributed by atoms with Crippen molar-refractivity contribution >= 4 is 5.97 Å². The number of rotatable bonds is 9. The van der Waals surface area contributed by atoms with Gasteiger partial charge in [-0.05, 0) is 52.1 Å². The second-order valence-electron chi connectivity index (χ2n) is 5.36. The van der Waals surface area contributed by atoms with E-state index >= 15 is 0 Å². The molecule has 1 rings (SSSR count). The van der Waals surface area contributed by atoms with Crippen molar-refractivity contribution in [3.63, 3.8) is 0 Å². The van der Waals surface area contributed by atoms with Crippen molar-refractivity contribution in [3.8, 4) is 0 Å². The smallest absolute Gasteiger partial charge is 0.326 e. The van der Waals surface area contributed by atoms with Crippen LogP contribution in [0.3, 0.4) is 0 Å². The zero-order chi connectivity index (χ0) is 15.0. The first-order valence-corrected chi connectivity index (χ1v) is 7.43. The van der Waals surface area contributed by atoms with Crippen molar-refractivity contribution in [2.45, 2.75) is 59.0 Å². The maximum Gasteiger partial charge on any atom is 0.326 e. The van der Waals surface area contributed by atoms with E-state index < -0.39 is 5.54 Å². The number of carbonyl (C=O) groups excluding carboxylic acids is 1. The summed E-state index contributed by atoms with van der Waals surface area (Å²) in [6.07, 6.45) is 6.48. The maximum absolute atomic E-state index is 12.1. The Bertz CT molecular complexity index is 417. The lowest BCUT2D eigenvalue weighted by Gasteiger charge is -2.28. The van der Waals surface area contributed by atoms with Crippen molar-refractivity contribution in [1.29, 1.82) is 0 Å². The molecule has 0 aliphatic heterocycles. The van der Waals surface area contributed by atoms with Crippen LogP contribution in [-0.2, 0) is 16.1 Å². The Kier molecular flexibility index (Phi) is 6.71. The summed E-state index contributed by atoms with van der Waals surface area (Å²) in [6.45, 7) is 9.92. The van der Waals surface area contributed by atoms with Crippen LogP contribution in [0.2, 0.25) is 0 Å². The Morgan fingerprint density at radius 3 is 2.80 bits per heavy atom. The number of aryl methyl sites for hydroxylation is 2. The highest BCUT2D eigenvalue weighted by Crippen LogP contribution is 2.16. The van der Waals surface area contributed by atoms with Gasteiger partial charge in [0.2, 0.25) is 0 Å². The molecule has 0 saturated heterocycles. The third-order valence-electron chi connectivity index (χ3n) is 3.32. The van der Waals surface area contributed by atoms with Gasteiger partial charge in [-0.3, -0.25) is 9.48 Å². The van der Waals surface area contributed by atoms with Crippen LogP contribution in [0.25, 0.3) is 0 Å². The minimum atomic E-state index is -0.603. The molecule has 1 atom stereocenters. The number of esters is 1. The quantitative estimate of drug-likeness (QED) is 0.706. The number of carbonyl (C=O) groups is 1. The van der Waals surface area contributed by atoms with Crippen molar-refractivity contribution in [1.82, 2.24) is 15.1 Å². The summed E-state index contributed by atoms with van der Waals surface area (Å²) < 4.78 is 7.10. The van der Waals surface area contributed by atoms with E-state index in [1.165, 1.54) is 0 Å². The summed E-state index contributed by atoms with van der Waals surface area (Å²) in [5, 5.41) is 7.58. The molecule has 1 N–H and O–H groups in total. The molecule has 0 aliphatic carbocycles. The normalized spacial score (nSPS) is 14.0. The Morgan fingerprint density at radius 2 is 2.25 bits per heavy atom. The van der Waals surface area contributed by atoms with E-state index in [4.69, 9.17) is 4.74 Å². The summed E-state index contributed by atoms with van der Waals surface area (Å²) >= 11 is 0. The third kappa shape index (κ3) is 4.96. The van der Waals surface area contributed by atoms with Gasteiger partial charge in [-0.15, -0.1) is 0 Å². The summed E-state index contributed by atoms with van der Waals surface area (Å²) in [6, 6.07) is 0. The molecule has 1 heterocycles. The van der Waals surface area contributed by atoms with E-state index in [1.807, 2.05) is 37.8 Å². The van der Waals surface area contributed by atoms with Gasteiger partial charge < -0.3 is 10.1 Å². The lowest BCUT2D eigenvalue weighted by molar-refractivity contribution is -0.150. The van der Waals surface area contributed by atoms with Gasteiger partial charge in [-0.2, -0.15) is 5.10 Å². The van der Waals surface area contributed by atoms with Crippen LogP contribution in [-0.4, -0.2) is 34.4 Å². The predicted octanol–water partition coefficient (Wildman–Crippen LogP) is 2.29. The Hall–Kier alpha value is -1.36. The topological polar surface area (TPSA) is 56.2 Å². The molecule has 0 radical (unpaired) electrons. The zero-order valence-electron chi connectivity index (χ0n) is 13.1. The maximum atomic E-state index is 12.1. The molecule has 114 valence electrons. The fourth-order valence-corrected chi connectivity index (χ4v) is 2.14. The van der Waals surface area contributed by atoms with Crippen molar-refractivity contribution in [2.24, 2.45) is 0 Å². The molecule has 0 fully saturated rings. The van der Waals surface area contributed by atoms with Crippen LogP contribution in [0.1, 0.15) is 45.6 Å². The Morgan fingerprint density at radius 1 is 1.50 bits per heavy atom. The molecule has 1 unspecified atom stereocenters. The minimum Gasteiger partial charge on any atom is -0.465 e. The highest BCUT2D eigenvalue weighted by atomic mass is 16.5. The fourth-order valence-electron chi connectivity index (χ4n) is 2.14. The SMILES string of the molecule is CCCNC(C)(CCCn1cc(C)cn1)C(=O)OCC. The molecule has 0 bridgehead atoms. The number of nitrogens with one attached hydrogen (secondary N) is 1. The lowest BCUT2D eigenvalue weighted by atomic mass is 9.95. The predicted molar refractivity (Wildman–Crippen MR) is 79.5 cm³/mol. The number of hydrogen-bond donors (Lipinski definition) is 1. The van der Waals surface area contributed by atoms with Gasteiger partial charge in [0.05, 0.1) is 12.8 Å². The molecule has 20 heavy (non-hydrogen) atoms. The van der Waals surface area contributed by atoms with Gasteiger partial charge in [0, 0.05) is 12.7 Å². The van der Waals surface area contributed by atoms with E-state index in [9.17, 15) is 4.79 Å². The van der Waals surface area contributed by atoms with Gasteiger partial charge in [-0.25, -0.2) is 0 Å². The molecule has 5 heteroatoms. The van der Waals surface area contributed by atoms with Crippen LogP contribution in [0, 0.1) is 6.92 Å². The van der Waals surface area contributed by atoms with Crippen LogP contribution in [0.5, 0.6) is 0 Å². The van der Waals surface area contributed by atoms with Crippen LogP contribution in [0.4, 0.5) is 0 Å². The van der Waals surface area contributed by atoms with Gasteiger partial charge in [0.25, 0.3) is 0 Å². The Balaban J connectivity index is 2.53. The summed E-state index contributed by atoms with van der Waals surface area (Å²) in [5.74, 6) is -0.162. The molecule has 0 aromatic carbocycles. The van der Waals surface area contributed by atoms with Gasteiger partial charge in [-0.1, -0.05) is 6.92 Å². The molecule has 1 aromatic rings. The molecule has 0 saturated carbocycles. The minimum absolute atomic E-state index is 0.162. The zero-order valence-corrected chi connectivity index (χ0v) is 13.1. The number of nitrogens with zero attached hydrogens (tertiary/aromatic N) is 2. The first-order chi connectivity index (χ1) is 9.51. The highest BCUT2D eigenvalue weighted by Gasteiger charge is 2.33. The van der Waals surface area contributed by atoms with Gasteiger partial charge in [0.1, 0.15) is 5.54 Å². The standard InChI is InChI=1S/C15H27N3O2/c1-5-9-16-15(4,14(19)20-6-2)8-7-10-18-12-13(3)11-17-18/h11-12,16H,5-10H2,1-4H3. The summed E-state index contributed by atoms with van der Waals surface area (Å²) in [7, 11) is 0. The first kappa shape index (κ1) is 16.7. The molecule has 0 amide bonds. The van der Waals surface area contributed by atoms with E-state index in [0.29, 0.717) is 6.61 Å². The lowest BCUT2D eigenvalue weighted by Crippen LogP contribution is -2.50. The first-order valence-electron chi connectivity index (χ1n) is 7.43. The van der Waals surface area contributed by atoms with Crippen LogP contribution in [0.15, 0.2) is 12.4 Å². The van der Waals surface area contributed by atoms with Crippen molar-refractivity contribution in [2.75, 3.05) is 13.2 Å². The van der Waals surface area contributed by atoms with E-state index in [0.717, 1.165) is 37.9 Å². The molecule has 5 nitrogen and oxygen atoms in total. The average Bonchev–Trinajstić information content (AvgIpc) is 2.82. The second-order valence-corrected chi connectivity index (χ2v) is 5.36. The van der Waals surface area contributed by atoms with Gasteiger partial charge >= 0.3 is 5.97 Å². The number of hydrogen-bond acceptors (Lipinski definition) is 4. The summed E-state index contributed by atoms with van der Waals surface area (Å²) in [5.41, 5.74) is 0.552. The molecular formula is C15H27N3O2. The Labute approximate surface area is 121 Å². The van der Waals surface area contributed by atoms with E-state index in [2.05, 4.69) is 17.3 Å². The molecule has 0 spiro atoms. The molecular weight excluding hydrogens is 254 g/mol. The monoisotopic (exact) mass is 281 g/mol. The van der Waals surface area contributed by atoms with Crippen LogP contribution < -0.4 is 5.32 Å². The highest BCUT2D eigenvalue weighted by molar-refractivity contribution is 5.80. The number of aromatic nitrogens is 2. The summed E-state index contributed by atoms with van der Waals surface area (Å²) in [4.78, 5) is 12.1. The van der Waals surface area contributed by atoms with Gasteiger partial charge in [0.15, 0.2) is 0 Å². The average molecular weight is 281 g/mol. The van der Waals surface area contributed by atoms with E-state index in [1.54, 1.807) is 0 Å².